The van der Waals surface area contributed by atoms with Gasteiger partial charge in [0.25, 0.3) is 0 Å². The van der Waals surface area contributed by atoms with Gasteiger partial charge in [0.2, 0.25) is 0 Å². The summed E-state index contributed by atoms with van der Waals surface area (Å²) in [6, 6.07) is 12.8. The zero-order valence-corrected chi connectivity index (χ0v) is 46.9. The van der Waals surface area contributed by atoms with E-state index >= 15 is 0 Å². The molecule has 4 rings (SSSR count). The number of hydrogen-bond acceptors (Lipinski definition) is 4. The monoisotopic (exact) mass is 902 g/mol. The van der Waals surface area contributed by atoms with Gasteiger partial charge in [-0.3, -0.25) is 4.90 Å². The first kappa shape index (κ1) is 67.4. The Morgan fingerprint density at radius 3 is 1.88 bits per heavy atom. The Kier molecular flexibility index (Phi) is 42.3. The fraction of sp³-hybridized carbons (Fsp3) is 0.466. The fourth-order valence-electron chi connectivity index (χ4n) is 6.72. The Hall–Kier alpha value is -3.15. The Balaban J connectivity index is -0.000000874. The van der Waals surface area contributed by atoms with Gasteiger partial charge in [-0.25, -0.2) is 4.39 Å². The van der Waals surface area contributed by atoms with E-state index < -0.39 is 0 Å². The second-order valence-electron chi connectivity index (χ2n) is 15.7. The zero-order valence-electron chi connectivity index (χ0n) is 43.8. The van der Waals surface area contributed by atoms with Crippen molar-refractivity contribution < 1.29 is 55.8 Å². The Labute approximate surface area is 439 Å². The molecule has 2 fully saturated rings. The maximum absolute atomic E-state index is 13.8. The maximum atomic E-state index is 13.8. The molecule has 2 aromatic rings. The van der Waals surface area contributed by atoms with Gasteiger partial charge in [-0.1, -0.05) is 129 Å². The van der Waals surface area contributed by atoms with Gasteiger partial charge in [0.05, 0.1) is 0 Å². The van der Waals surface area contributed by atoms with Gasteiger partial charge in [-0.15, -0.1) is 31.1 Å². The first-order chi connectivity index (χ1) is 29.7. The average molecular weight is 902 g/mol. The van der Waals surface area contributed by atoms with E-state index in [9.17, 15) is 4.39 Å². The van der Waals surface area contributed by atoms with Crippen LogP contribution in [0.1, 0.15) is 132 Å². The maximum Gasteiger partial charge on any atom is 1.00 e. The van der Waals surface area contributed by atoms with Gasteiger partial charge in [0.1, 0.15) is 0 Å². The number of aryl methyl sites for hydroxylation is 1. The van der Waals surface area contributed by atoms with Crippen LogP contribution in [0.15, 0.2) is 116 Å². The molecule has 6 heteroatoms. The second kappa shape index (κ2) is 40.1. The molecular weight excluding hydrogens is 811 g/mol. The number of anilines is 2. The number of nitrogens with zero attached hydrogens (tertiary/aromatic N) is 3. The third-order valence-corrected chi connectivity index (χ3v) is 10.4. The molecule has 0 unspecified atom stereocenters. The van der Waals surface area contributed by atoms with Crippen LogP contribution >= 0.6 is 0 Å². The van der Waals surface area contributed by atoms with Crippen LogP contribution in [-0.4, -0.2) is 55.6 Å². The van der Waals surface area contributed by atoms with Crippen molar-refractivity contribution in [3.8, 4) is 12.8 Å². The first-order valence-electron chi connectivity index (χ1n) is 23.2. The molecule has 0 spiro atoms. The number of piperidine rings is 1. The predicted octanol–water partition coefficient (Wildman–Crippen LogP) is 13.2. The number of hydrogen-bond donors (Lipinski definition) is 1. The van der Waals surface area contributed by atoms with Gasteiger partial charge in [0, 0.05) is 56.5 Å². The van der Waals surface area contributed by atoms with Crippen LogP contribution in [0.4, 0.5) is 15.8 Å². The summed E-state index contributed by atoms with van der Waals surface area (Å²) in [5, 5.41) is 3.07. The minimum absolute atomic E-state index is 0. The molecule has 0 aromatic heterocycles. The third kappa shape index (κ3) is 26.7. The fourth-order valence-corrected chi connectivity index (χ4v) is 6.72. The summed E-state index contributed by atoms with van der Waals surface area (Å²) in [4.78, 5) is 7.55. The van der Waals surface area contributed by atoms with Crippen LogP contribution in [0, 0.1) is 50.9 Å². The molecule has 64 heavy (non-hydrogen) atoms. The van der Waals surface area contributed by atoms with Crippen LogP contribution in [0.2, 0.25) is 0 Å². The van der Waals surface area contributed by atoms with Crippen molar-refractivity contribution >= 4 is 22.5 Å². The molecule has 0 bridgehead atoms. The van der Waals surface area contributed by atoms with Crippen LogP contribution in [0.5, 0.6) is 0 Å². The van der Waals surface area contributed by atoms with Crippen LogP contribution in [-0.2, 0) is 0 Å². The number of likely N-dealkylation sites (tertiary alicyclic amines) is 1. The van der Waals surface area contributed by atoms with E-state index in [0.29, 0.717) is 11.3 Å². The molecule has 352 valence electrons. The van der Waals surface area contributed by atoms with E-state index in [4.69, 9.17) is 0 Å². The Morgan fingerprint density at radius 1 is 0.844 bits per heavy atom. The average Bonchev–Trinajstić information content (AvgIpc) is 3.29. The minimum atomic E-state index is -0.248. The summed E-state index contributed by atoms with van der Waals surface area (Å²) < 4.78 is 13.8. The van der Waals surface area contributed by atoms with Gasteiger partial charge in [0.15, 0.2) is 0 Å². The molecule has 0 atom stereocenters. The summed E-state index contributed by atoms with van der Waals surface area (Å²) in [5.74, 6) is 1.34. The third-order valence-electron chi connectivity index (χ3n) is 10.4. The molecule has 1 N–H and O–H groups in total. The number of allylic oxidation sites excluding steroid dienone is 9. The molecule has 2 aromatic carbocycles. The Morgan fingerprint density at radius 2 is 1.41 bits per heavy atom. The number of rotatable bonds is 16. The summed E-state index contributed by atoms with van der Waals surface area (Å²) in [6.45, 7) is 54.8. The van der Waals surface area contributed by atoms with Crippen LogP contribution in [0.3, 0.4) is 0 Å². The van der Waals surface area contributed by atoms with Crippen molar-refractivity contribution in [2.24, 2.45) is 11.8 Å². The van der Waals surface area contributed by atoms with Crippen molar-refractivity contribution in [1.82, 2.24) is 9.80 Å². The van der Waals surface area contributed by atoms with Gasteiger partial charge < -0.3 is 22.5 Å². The van der Waals surface area contributed by atoms with E-state index in [2.05, 4.69) is 137 Å². The summed E-state index contributed by atoms with van der Waals surface area (Å²) in [7, 11) is 0. The minimum Gasteiger partial charge on any atom is -0.384 e. The molecule has 0 aliphatic carbocycles. The van der Waals surface area contributed by atoms with Crippen molar-refractivity contribution in [1.29, 1.82) is 0 Å². The van der Waals surface area contributed by atoms with Gasteiger partial charge in [-0.2, -0.15) is 12.1 Å². The predicted molar refractivity (Wildman–Crippen MR) is 287 cm³/mol. The molecule has 2 aliphatic rings. The quantitative estimate of drug-likeness (QED) is 0.0596. The van der Waals surface area contributed by atoms with Gasteiger partial charge in [-0.05, 0) is 131 Å². The van der Waals surface area contributed by atoms with Gasteiger partial charge >= 0.3 is 51.4 Å². The molecule has 2 heterocycles. The van der Waals surface area contributed by atoms with E-state index in [-0.39, 0.29) is 64.6 Å². The second-order valence-corrected chi connectivity index (χ2v) is 15.7. The number of piperazine rings is 1. The van der Waals surface area contributed by atoms with Crippen molar-refractivity contribution in [3.63, 3.8) is 0 Å². The normalized spacial score (nSPS) is 13.6. The zero-order chi connectivity index (χ0) is 47.8. The number of benzene rings is 2. The van der Waals surface area contributed by atoms with Crippen molar-refractivity contribution in [3.05, 3.63) is 152 Å². The summed E-state index contributed by atoms with van der Waals surface area (Å²) in [5.41, 5.74) is 11.3. The molecule has 0 amide bonds. The molecule has 2 aliphatic heterocycles. The smallest absolute Gasteiger partial charge is 0.384 e. The standard InChI is InChI=1S/C41H52FN4.C8H16.3C2H6.C2H2.CH3.K/c1-9-36(32(6)16-20-43-37-13-10-33(7)41(42)28-37)12-11-34(8)45-22-18-35(19-23-45)17-21-44-24-26-46(27-25-44)38-14-15-39(30(2)3)40(29-38)31(4)5;1-7(2)5-6-8(3)4;4*1-2;;/h9-12,14-16,20,28-29,35,43H,2,4,6,8,17-19,21-27H2,1,3,5,7H3;8H,1,5-6H2,2-4H3;3*1-2H3;1-2H;1H3;/q-1;;;;;;-1;+1/b12-11-,20-16-,36-9+;;;;;;;. The first-order valence-corrected chi connectivity index (χ1v) is 23.2. The van der Waals surface area contributed by atoms with E-state index in [1.165, 1.54) is 67.1 Å². The molecule has 0 radical (unpaired) electrons. The van der Waals surface area contributed by atoms with E-state index in [1.807, 2.05) is 60.6 Å². The van der Waals surface area contributed by atoms with Crippen LogP contribution < -0.4 is 61.6 Å². The Bertz CT molecular complexity index is 1740. The number of halogens is 1. The van der Waals surface area contributed by atoms with E-state index in [1.54, 1.807) is 19.2 Å². The molecule has 2 saturated heterocycles. The van der Waals surface area contributed by atoms with Crippen molar-refractivity contribution in [2.45, 2.75) is 122 Å². The van der Waals surface area contributed by atoms with Crippen LogP contribution in [0.25, 0.3) is 11.1 Å². The molecule has 0 saturated carbocycles. The topological polar surface area (TPSA) is 21.8 Å². The molecule has 4 nitrogen and oxygen atoms in total. The van der Waals surface area contributed by atoms with Crippen molar-refractivity contribution in [2.75, 3.05) is 56.0 Å². The summed E-state index contributed by atoms with van der Waals surface area (Å²) in [6.07, 6.45) is 24.0. The largest absolute Gasteiger partial charge is 1.00 e. The number of terminal acetylenes is 1. The summed E-state index contributed by atoms with van der Waals surface area (Å²) >= 11 is 0. The number of nitrogens with one attached hydrogen (secondary N) is 1. The SMILES string of the molecule is C#C.C=C(/C=C\Nc1[c-]cc(C)c(F)c1)C(/C=C\C(=C)N1CCC(CCN2CCN(c3ccc(C(=C)C)c(C(=C)C)c3)CC2)CC1)=C/C.C=C(C)CCC(C)C.CC.CC.CC.[CH3-].[K+]. The molecular formula is C58H91FKN4-. The van der Waals surface area contributed by atoms with E-state index in [0.717, 1.165) is 79.1 Å².